The SMILES string of the molecule is Cc1ccc(-c2nc(N)c(N)c(C3CCCC3)n2)cc1. The molecule has 1 heterocycles. The Balaban J connectivity index is 2.05. The first-order chi connectivity index (χ1) is 9.65. The molecule has 0 spiro atoms. The largest absolute Gasteiger partial charge is 0.394 e. The molecular weight excluding hydrogens is 248 g/mol. The van der Waals surface area contributed by atoms with Crippen molar-refractivity contribution in [2.45, 2.75) is 38.5 Å². The third kappa shape index (κ3) is 2.33. The lowest BCUT2D eigenvalue weighted by molar-refractivity contribution is 0.699. The molecule has 3 rings (SSSR count). The minimum atomic E-state index is 0.400. The van der Waals surface area contributed by atoms with Crippen LogP contribution in [-0.2, 0) is 0 Å². The van der Waals surface area contributed by atoms with Crippen LogP contribution in [0.4, 0.5) is 11.5 Å². The van der Waals surface area contributed by atoms with Crippen molar-refractivity contribution < 1.29 is 0 Å². The molecule has 0 atom stereocenters. The Hall–Kier alpha value is -2.10. The van der Waals surface area contributed by atoms with Gasteiger partial charge in [-0.15, -0.1) is 0 Å². The van der Waals surface area contributed by atoms with Gasteiger partial charge in [0.15, 0.2) is 11.6 Å². The van der Waals surface area contributed by atoms with Crippen LogP contribution in [-0.4, -0.2) is 9.97 Å². The number of aromatic nitrogens is 2. The Kier molecular flexibility index (Phi) is 3.30. The van der Waals surface area contributed by atoms with E-state index >= 15 is 0 Å². The number of aryl methyl sites for hydroxylation is 1. The molecule has 4 nitrogen and oxygen atoms in total. The van der Waals surface area contributed by atoms with Gasteiger partial charge in [0.25, 0.3) is 0 Å². The van der Waals surface area contributed by atoms with Crippen LogP contribution in [0.1, 0.15) is 42.9 Å². The standard InChI is InChI=1S/C16H20N4/c1-10-6-8-12(9-7-10)16-19-14(11-4-2-3-5-11)13(17)15(18)20-16/h6-9,11H,2-5,17H2,1H3,(H2,18,19,20). The molecular formula is C16H20N4. The predicted octanol–water partition coefficient (Wildman–Crippen LogP) is 3.27. The van der Waals surface area contributed by atoms with Crippen molar-refractivity contribution in [3.05, 3.63) is 35.5 Å². The number of hydrogen-bond donors (Lipinski definition) is 2. The van der Waals surface area contributed by atoms with E-state index in [2.05, 4.69) is 24.0 Å². The summed E-state index contributed by atoms with van der Waals surface area (Å²) < 4.78 is 0. The van der Waals surface area contributed by atoms with E-state index < -0.39 is 0 Å². The second-order valence-corrected chi connectivity index (χ2v) is 5.58. The molecule has 0 radical (unpaired) electrons. The van der Waals surface area contributed by atoms with Crippen molar-refractivity contribution in [3.8, 4) is 11.4 Å². The number of nitrogens with zero attached hydrogens (tertiary/aromatic N) is 2. The Morgan fingerprint density at radius 2 is 1.65 bits per heavy atom. The third-order valence-corrected chi connectivity index (χ3v) is 4.06. The smallest absolute Gasteiger partial charge is 0.161 e. The van der Waals surface area contributed by atoms with Gasteiger partial charge in [0.05, 0.1) is 11.4 Å². The number of hydrogen-bond acceptors (Lipinski definition) is 4. The summed E-state index contributed by atoms with van der Waals surface area (Å²) in [5, 5.41) is 0. The maximum absolute atomic E-state index is 6.08. The third-order valence-electron chi connectivity index (χ3n) is 4.06. The summed E-state index contributed by atoms with van der Waals surface area (Å²) in [5.74, 6) is 1.51. The molecule has 0 aliphatic heterocycles. The van der Waals surface area contributed by atoms with Gasteiger partial charge >= 0.3 is 0 Å². The Labute approximate surface area is 119 Å². The molecule has 0 bridgehead atoms. The van der Waals surface area contributed by atoms with E-state index in [0.29, 0.717) is 23.2 Å². The molecule has 1 aromatic carbocycles. The van der Waals surface area contributed by atoms with Crippen molar-refractivity contribution >= 4 is 11.5 Å². The fraction of sp³-hybridized carbons (Fsp3) is 0.375. The Morgan fingerprint density at radius 1 is 1.00 bits per heavy atom. The maximum Gasteiger partial charge on any atom is 0.161 e. The first-order valence-corrected chi connectivity index (χ1v) is 7.15. The average Bonchev–Trinajstić information content (AvgIpc) is 2.96. The molecule has 4 heteroatoms. The van der Waals surface area contributed by atoms with E-state index in [1.54, 1.807) is 0 Å². The van der Waals surface area contributed by atoms with E-state index in [1.165, 1.54) is 18.4 Å². The second-order valence-electron chi connectivity index (χ2n) is 5.58. The van der Waals surface area contributed by atoms with Crippen LogP contribution >= 0.6 is 0 Å². The molecule has 104 valence electrons. The normalized spacial score (nSPS) is 15.7. The van der Waals surface area contributed by atoms with Crippen LogP contribution in [0.3, 0.4) is 0 Å². The van der Waals surface area contributed by atoms with E-state index in [9.17, 15) is 0 Å². The number of benzene rings is 1. The van der Waals surface area contributed by atoms with Gasteiger partial charge in [-0.3, -0.25) is 0 Å². The minimum Gasteiger partial charge on any atom is -0.394 e. The lowest BCUT2D eigenvalue weighted by Gasteiger charge is -2.14. The molecule has 2 aromatic rings. The summed E-state index contributed by atoms with van der Waals surface area (Å²) in [6.45, 7) is 2.06. The average molecular weight is 268 g/mol. The summed E-state index contributed by atoms with van der Waals surface area (Å²) in [6.07, 6.45) is 4.78. The van der Waals surface area contributed by atoms with E-state index in [4.69, 9.17) is 16.5 Å². The molecule has 0 saturated heterocycles. The van der Waals surface area contributed by atoms with Crippen molar-refractivity contribution in [1.29, 1.82) is 0 Å². The zero-order valence-electron chi connectivity index (χ0n) is 11.8. The number of rotatable bonds is 2. The summed E-state index contributed by atoms with van der Waals surface area (Å²) in [7, 11) is 0. The zero-order valence-corrected chi connectivity index (χ0v) is 11.8. The number of nitrogen functional groups attached to an aromatic ring is 2. The van der Waals surface area contributed by atoms with Crippen LogP contribution in [0.5, 0.6) is 0 Å². The van der Waals surface area contributed by atoms with Gasteiger partial charge in [0.2, 0.25) is 0 Å². The summed E-state index contributed by atoms with van der Waals surface area (Å²) >= 11 is 0. The van der Waals surface area contributed by atoms with E-state index in [-0.39, 0.29) is 0 Å². The fourth-order valence-electron chi connectivity index (χ4n) is 2.85. The van der Waals surface area contributed by atoms with Crippen molar-refractivity contribution in [1.82, 2.24) is 9.97 Å². The molecule has 1 aromatic heterocycles. The Bertz CT molecular complexity index is 613. The van der Waals surface area contributed by atoms with Gasteiger partial charge in [-0.25, -0.2) is 9.97 Å². The molecule has 1 saturated carbocycles. The van der Waals surface area contributed by atoms with Crippen molar-refractivity contribution in [2.24, 2.45) is 0 Å². The number of nitrogens with two attached hydrogens (primary N) is 2. The van der Waals surface area contributed by atoms with Gasteiger partial charge in [-0.05, 0) is 19.8 Å². The topological polar surface area (TPSA) is 77.8 Å². The van der Waals surface area contributed by atoms with Gasteiger partial charge in [0, 0.05) is 11.5 Å². The van der Waals surface area contributed by atoms with Gasteiger partial charge in [-0.1, -0.05) is 42.7 Å². The summed E-state index contributed by atoms with van der Waals surface area (Å²) in [6, 6.07) is 8.17. The highest BCUT2D eigenvalue weighted by Crippen LogP contribution is 2.37. The second kappa shape index (κ2) is 5.12. The lowest BCUT2D eigenvalue weighted by atomic mass is 10.0. The van der Waals surface area contributed by atoms with Crippen LogP contribution in [0.25, 0.3) is 11.4 Å². The molecule has 0 unspecified atom stereocenters. The maximum atomic E-state index is 6.08. The molecule has 4 N–H and O–H groups in total. The van der Waals surface area contributed by atoms with E-state index in [0.717, 1.165) is 24.1 Å². The molecule has 20 heavy (non-hydrogen) atoms. The summed E-state index contributed by atoms with van der Waals surface area (Å²) in [4.78, 5) is 9.05. The van der Waals surface area contributed by atoms with Gasteiger partial charge in [-0.2, -0.15) is 0 Å². The van der Waals surface area contributed by atoms with E-state index in [1.807, 2.05) is 12.1 Å². The van der Waals surface area contributed by atoms with Crippen LogP contribution in [0.2, 0.25) is 0 Å². The fourth-order valence-corrected chi connectivity index (χ4v) is 2.85. The highest BCUT2D eigenvalue weighted by molar-refractivity contribution is 5.67. The first-order valence-electron chi connectivity index (χ1n) is 7.15. The minimum absolute atomic E-state index is 0.400. The van der Waals surface area contributed by atoms with Crippen LogP contribution in [0, 0.1) is 6.92 Å². The monoisotopic (exact) mass is 268 g/mol. The van der Waals surface area contributed by atoms with Crippen molar-refractivity contribution in [2.75, 3.05) is 11.5 Å². The Morgan fingerprint density at radius 3 is 2.30 bits per heavy atom. The molecule has 1 fully saturated rings. The first kappa shape index (κ1) is 12.9. The molecule has 1 aliphatic rings. The molecule has 1 aliphatic carbocycles. The van der Waals surface area contributed by atoms with Crippen LogP contribution in [0.15, 0.2) is 24.3 Å². The summed E-state index contributed by atoms with van der Waals surface area (Å²) in [5.41, 5.74) is 15.8. The quantitative estimate of drug-likeness (QED) is 0.876. The highest BCUT2D eigenvalue weighted by Gasteiger charge is 2.23. The lowest BCUT2D eigenvalue weighted by Crippen LogP contribution is -2.09. The van der Waals surface area contributed by atoms with Crippen LogP contribution < -0.4 is 11.5 Å². The molecule has 0 amide bonds. The van der Waals surface area contributed by atoms with Gasteiger partial charge in [0.1, 0.15) is 0 Å². The number of anilines is 2. The van der Waals surface area contributed by atoms with Crippen molar-refractivity contribution in [3.63, 3.8) is 0 Å². The predicted molar refractivity (Wildman–Crippen MR) is 82.2 cm³/mol. The zero-order chi connectivity index (χ0) is 14.1. The highest BCUT2D eigenvalue weighted by atomic mass is 15.0. The van der Waals surface area contributed by atoms with Gasteiger partial charge < -0.3 is 11.5 Å².